The zero-order valence-electron chi connectivity index (χ0n) is 7.23. The molecule has 0 aliphatic carbocycles. The fourth-order valence-corrected chi connectivity index (χ4v) is 2.51. The number of fused-ring (bicyclic) bond motifs is 3. The van der Waals surface area contributed by atoms with Crippen LogP contribution in [0.15, 0.2) is 35.6 Å². The van der Waals surface area contributed by atoms with Crippen LogP contribution < -0.4 is 9.64 Å². The summed E-state index contributed by atoms with van der Waals surface area (Å²) < 4.78 is 5.67. The van der Waals surface area contributed by atoms with Gasteiger partial charge in [0.25, 0.3) is 0 Å². The molecule has 66 valence electrons. The van der Waals surface area contributed by atoms with Crippen LogP contribution in [0.5, 0.6) is 5.75 Å². The van der Waals surface area contributed by atoms with Crippen LogP contribution in [-0.4, -0.2) is 5.37 Å². The van der Waals surface area contributed by atoms with Gasteiger partial charge >= 0.3 is 0 Å². The fraction of sp³-hybridized carbons (Fsp3) is 0.200. The van der Waals surface area contributed by atoms with Crippen LogP contribution in [0.25, 0.3) is 0 Å². The summed E-state index contributed by atoms with van der Waals surface area (Å²) in [5.41, 5.74) is 1.19. The molecule has 0 radical (unpaired) electrons. The summed E-state index contributed by atoms with van der Waals surface area (Å²) in [4.78, 5) is 2.22. The van der Waals surface area contributed by atoms with Crippen LogP contribution in [-0.2, 0) is 0 Å². The number of anilines is 1. The number of ether oxygens (including phenoxy) is 1. The maximum Gasteiger partial charge on any atom is 0.208 e. The highest BCUT2D eigenvalue weighted by molar-refractivity contribution is 8.03. The molecule has 0 aromatic heterocycles. The van der Waals surface area contributed by atoms with Crippen LogP contribution in [0.2, 0.25) is 0 Å². The quantitative estimate of drug-likeness (QED) is 0.625. The molecule has 1 aromatic rings. The van der Waals surface area contributed by atoms with Gasteiger partial charge in [-0.05, 0) is 19.1 Å². The second-order valence-electron chi connectivity index (χ2n) is 3.13. The molecule has 13 heavy (non-hydrogen) atoms. The third-order valence-electron chi connectivity index (χ3n) is 2.31. The highest BCUT2D eigenvalue weighted by Gasteiger charge is 2.33. The Bertz CT molecular complexity index is 388. The van der Waals surface area contributed by atoms with E-state index in [-0.39, 0.29) is 0 Å². The summed E-state index contributed by atoms with van der Waals surface area (Å²) in [5.74, 6) is 1.94. The van der Waals surface area contributed by atoms with E-state index in [1.807, 2.05) is 18.2 Å². The molecule has 2 aliphatic rings. The average molecular weight is 191 g/mol. The molecule has 3 heteroatoms. The van der Waals surface area contributed by atoms with Gasteiger partial charge in [-0.1, -0.05) is 12.1 Å². The number of benzene rings is 1. The number of thioether (sulfide) groups is 1. The Hall–Kier alpha value is -1.09. The predicted molar refractivity (Wildman–Crippen MR) is 54.7 cm³/mol. The lowest BCUT2D eigenvalue weighted by atomic mass is 10.3. The fourth-order valence-electron chi connectivity index (χ4n) is 1.70. The standard InChI is InChI=1S/C10H9NOS/c1-7-11-8-4-2-3-5-9(8)12-10(11)6-13-7/h2-7H,1H3. The van der Waals surface area contributed by atoms with E-state index >= 15 is 0 Å². The van der Waals surface area contributed by atoms with Crippen LogP contribution in [0.3, 0.4) is 0 Å². The van der Waals surface area contributed by atoms with Gasteiger partial charge in [0.2, 0.25) is 5.88 Å². The number of hydrogen-bond donors (Lipinski definition) is 0. The molecule has 0 bridgehead atoms. The van der Waals surface area contributed by atoms with Crippen molar-refractivity contribution in [3.05, 3.63) is 35.6 Å². The molecule has 1 atom stereocenters. The van der Waals surface area contributed by atoms with Gasteiger partial charge in [0, 0.05) is 5.41 Å². The summed E-state index contributed by atoms with van der Waals surface area (Å²) in [6.45, 7) is 2.18. The monoisotopic (exact) mass is 191 g/mol. The van der Waals surface area contributed by atoms with Crippen molar-refractivity contribution >= 4 is 17.4 Å². The number of nitrogens with zero attached hydrogens (tertiary/aromatic N) is 1. The number of para-hydroxylation sites is 2. The number of rotatable bonds is 0. The van der Waals surface area contributed by atoms with Gasteiger partial charge in [-0.3, -0.25) is 4.90 Å². The van der Waals surface area contributed by atoms with Crippen molar-refractivity contribution in [2.45, 2.75) is 12.3 Å². The van der Waals surface area contributed by atoms with Crippen molar-refractivity contribution in [2.75, 3.05) is 4.90 Å². The minimum Gasteiger partial charge on any atom is -0.438 e. The molecule has 3 rings (SSSR count). The Labute approximate surface area is 81.2 Å². The van der Waals surface area contributed by atoms with E-state index in [2.05, 4.69) is 23.3 Å². The van der Waals surface area contributed by atoms with Gasteiger partial charge in [0.05, 0.1) is 11.1 Å². The molecular formula is C10H9NOS. The Morgan fingerprint density at radius 2 is 2.23 bits per heavy atom. The Balaban J connectivity index is 2.15. The van der Waals surface area contributed by atoms with Crippen molar-refractivity contribution in [2.24, 2.45) is 0 Å². The maximum atomic E-state index is 5.67. The van der Waals surface area contributed by atoms with E-state index in [1.54, 1.807) is 11.8 Å². The Kier molecular flexibility index (Phi) is 1.38. The first-order valence-electron chi connectivity index (χ1n) is 4.28. The lowest BCUT2D eigenvalue weighted by Gasteiger charge is -2.17. The lowest BCUT2D eigenvalue weighted by molar-refractivity contribution is 0.442. The van der Waals surface area contributed by atoms with Gasteiger partial charge in [-0.2, -0.15) is 0 Å². The van der Waals surface area contributed by atoms with Crippen LogP contribution in [0.4, 0.5) is 5.69 Å². The minimum absolute atomic E-state index is 0.457. The molecule has 2 aliphatic heterocycles. The number of hydrogen-bond acceptors (Lipinski definition) is 3. The first-order valence-corrected chi connectivity index (χ1v) is 5.22. The zero-order valence-corrected chi connectivity index (χ0v) is 8.04. The van der Waals surface area contributed by atoms with Crippen molar-refractivity contribution in [3.8, 4) is 5.75 Å². The van der Waals surface area contributed by atoms with Crippen LogP contribution in [0, 0.1) is 0 Å². The third-order valence-corrected chi connectivity index (χ3v) is 3.25. The summed E-state index contributed by atoms with van der Waals surface area (Å²) >= 11 is 1.79. The predicted octanol–water partition coefficient (Wildman–Crippen LogP) is 2.78. The highest BCUT2D eigenvalue weighted by Crippen LogP contribution is 2.46. The van der Waals surface area contributed by atoms with E-state index < -0.39 is 0 Å². The van der Waals surface area contributed by atoms with Gasteiger partial charge in [-0.15, -0.1) is 11.8 Å². The largest absolute Gasteiger partial charge is 0.438 e. The second kappa shape index (κ2) is 2.45. The van der Waals surface area contributed by atoms with Gasteiger partial charge in [-0.25, -0.2) is 0 Å². The Morgan fingerprint density at radius 3 is 3.15 bits per heavy atom. The van der Waals surface area contributed by atoms with Crippen molar-refractivity contribution < 1.29 is 4.74 Å². The summed E-state index contributed by atoms with van der Waals surface area (Å²) in [5, 5.41) is 2.53. The maximum absolute atomic E-state index is 5.67. The molecule has 0 amide bonds. The van der Waals surface area contributed by atoms with E-state index in [4.69, 9.17) is 4.74 Å². The van der Waals surface area contributed by atoms with Gasteiger partial charge in [0.15, 0.2) is 5.75 Å². The van der Waals surface area contributed by atoms with Gasteiger partial charge in [0.1, 0.15) is 0 Å². The smallest absolute Gasteiger partial charge is 0.208 e. The summed E-state index contributed by atoms with van der Waals surface area (Å²) in [6, 6.07) is 8.14. The van der Waals surface area contributed by atoms with Crippen molar-refractivity contribution in [1.29, 1.82) is 0 Å². The topological polar surface area (TPSA) is 12.5 Å². The molecule has 0 spiro atoms. The average Bonchev–Trinajstić information content (AvgIpc) is 2.66. The summed E-state index contributed by atoms with van der Waals surface area (Å²) in [7, 11) is 0. The van der Waals surface area contributed by atoms with Crippen molar-refractivity contribution in [1.82, 2.24) is 0 Å². The Morgan fingerprint density at radius 1 is 1.38 bits per heavy atom. The lowest BCUT2D eigenvalue weighted by Crippen LogP contribution is -2.22. The van der Waals surface area contributed by atoms with Crippen molar-refractivity contribution in [3.63, 3.8) is 0 Å². The molecule has 1 unspecified atom stereocenters. The normalized spacial score (nSPS) is 23.6. The SMILES string of the molecule is CC1SC=C2Oc3ccccc3N21. The zero-order chi connectivity index (χ0) is 8.84. The van der Waals surface area contributed by atoms with Crippen LogP contribution >= 0.6 is 11.8 Å². The second-order valence-corrected chi connectivity index (χ2v) is 4.32. The van der Waals surface area contributed by atoms with E-state index in [0.717, 1.165) is 11.6 Å². The third kappa shape index (κ3) is 0.907. The van der Waals surface area contributed by atoms with E-state index in [0.29, 0.717) is 5.37 Å². The molecule has 2 heterocycles. The van der Waals surface area contributed by atoms with E-state index in [9.17, 15) is 0 Å². The first kappa shape index (κ1) is 7.33. The van der Waals surface area contributed by atoms with Gasteiger partial charge < -0.3 is 4.74 Å². The minimum atomic E-state index is 0.457. The van der Waals surface area contributed by atoms with E-state index in [1.165, 1.54) is 5.69 Å². The summed E-state index contributed by atoms with van der Waals surface area (Å²) in [6.07, 6.45) is 0. The highest BCUT2D eigenvalue weighted by atomic mass is 32.2. The molecule has 1 aromatic carbocycles. The molecule has 0 fully saturated rings. The molecule has 0 saturated heterocycles. The molecule has 2 nitrogen and oxygen atoms in total. The molecule has 0 saturated carbocycles. The van der Waals surface area contributed by atoms with Crippen LogP contribution in [0.1, 0.15) is 6.92 Å². The first-order chi connectivity index (χ1) is 6.36. The molecule has 0 N–H and O–H groups in total. The molecular weight excluding hydrogens is 182 g/mol.